The zero-order valence-electron chi connectivity index (χ0n) is 13.8. The van der Waals surface area contributed by atoms with Crippen molar-refractivity contribution in [2.45, 2.75) is 26.7 Å². The van der Waals surface area contributed by atoms with Crippen LogP contribution in [0.4, 0.5) is 0 Å². The normalized spacial score (nSPS) is 12.1. The third kappa shape index (κ3) is 1.83. The van der Waals surface area contributed by atoms with E-state index in [9.17, 15) is 0 Å². The highest BCUT2D eigenvalue weighted by Gasteiger charge is 2.13. The molecule has 118 valence electrons. The number of fused-ring (bicyclic) bond motifs is 6. The molecular formula is C22H18O2. The minimum atomic E-state index is 0.924. The molecule has 5 rings (SSSR count). The van der Waals surface area contributed by atoms with Crippen LogP contribution in [0, 0.1) is 0 Å². The van der Waals surface area contributed by atoms with E-state index in [-0.39, 0.29) is 0 Å². The molecule has 2 aromatic heterocycles. The van der Waals surface area contributed by atoms with Gasteiger partial charge in [-0.05, 0) is 48.2 Å². The summed E-state index contributed by atoms with van der Waals surface area (Å²) in [7, 11) is 0. The van der Waals surface area contributed by atoms with Gasteiger partial charge < -0.3 is 8.83 Å². The third-order valence-electron chi connectivity index (χ3n) is 5.01. The highest BCUT2D eigenvalue weighted by molar-refractivity contribution is 6.14. The van der Waals surface area contributed by atoms with Crippen LogP contribution in [0.1, 0.15) is 25.0 Å². The molecule has 2 nitrogen and oxygen atoms in total. The first-order valence-corrected chi connectivity index (χ1v) is 8.57. The average molecular weight is 314 g/mol. The van der Waals surface area contributed by atoms with E-state index >= 15 is 0 Å². The predicted octanol–water partition coefficient (Wildman–Crippen LogP) is 6.61. The van der Waals surface area contributed by atoms with Gasteiger partial charge in [-0.1, -0.05) is 38.1 Å². The molecule has 0 N–H and O–H groups in total. The Kier molecular flexibility index (Phi) is 2.78. The summed E-state index contributed by atoms with van der Waals surface area (Å²) in [5, 5.41) is 4.54. The van der Waals surface area contributed by atoms with Crippen molar-refractivity contribution in [2.75, 3.05) is 0 Å². The van der Waals surface area contributed by atoms with Gasteiger partial charge in [-0.15, -0.1) is 0 Å². The van der Waals surface area contributed by atoms with Crippen LogP contribution in [0.5, 0.6) is 0 Å². The number of aryl methyl sites for hydroxylation is 2. The van der Waals surface area contributed by atoms with Crippen LogP contribution in [0.2, 0.25) is 0 Å². The number of rotatable bonds is 2. The predicted molar refractivity (Wildman–Crippen MR) is 99.8 cm³/mol. The second-order valence-corrected chi connectivity index (χ2v) is 6.42. The maximum atomic E-state index is 6.12. The fourth-order valence-corrected chi connectivity index (χ4v) is 3.57. The molecule has 0 atom stereocenters. The van der Waals surface area contributed by atoms with Gasteiger partial charge in [0.25, 0.3) is 0 Å². The summed E-state index contributed by atoms with van der Waals surface area (Å²) < 4.78 is 12.2. The largest absolute Gasteiger partial charge is 0.456 e. The molecule has 3 aromatic carbocycles. The summed E-state index contributed by atoms with van der Waals surface area (Å²) in [5.41, 5.74) is 6.34. The summed E-state index contributed by atoms with van der Waals surface area (Å²) in [5.74, 6) is 0. The molecule has 24 heavy (non-hydrogen) atoms. The minimum absolute atomic E-state index is 0.924. The molecule has 0 aliphatic heterocycles. The molecule has 0 amide bonds. The van der Waals surface area contributed by atoms with Gasteiger partial charge in [-0.3, -0.25) is 0 Å². The van der Waals surface area contributed by atoms with Gasteiger partial charge in [0.05, 0.1) is 0 Å². The Bertz CT molecular complexity index is 1120. The molecule has 0 unspecified atom stereocenters. The second kappa shape index (κ2) is 4.88. The standard InChI is InChI=1S/C22H18O2/c1-3-13-5-7-15-17-11-22-18(12-21(17)23-19(15)9-13)16-8-6-14(4-2)10-20(16)24-22/h5-12H,3-4H2,1-2H3. The topological polar surface area (TPSA) is 26.3 Å². The van der Waals surface area contributed by atoms with Crippen molar-refractivity contribution in [3.8, 4) is 0 Å². The lowest BCUT2D eigenvalue weighted by molar-refractivity contribution is 0.663. The van der Waals surface area contributed by atoms with E-state index in [0.717, 1.165) is 56.7 Å². The van der Waals surface area contributed by atoms with Gasteiger partial charge in [0.2, 0.25) is 0 Å². The van der Waals surface area contributed by atoms with E-state index in [1.54, 1.807) is 0 Å². The van der Waals surface area contributed by atoms with Gasteiger partial charge in [0, 0.05) is 21.5 Å². The summed E-state index contributed by atoms with van der Waals surface area (Å²) >= 11 is 0. The summed E-state index contributed by atoms with van der Waals surface area (Å²) in [4.78, 5) is 0. The van der Waals surface area contributed by atoms with E-state index in [4.69, 9.17) is 8.83 Å². The van der Waals surface area contributed by atoms with Crippen LogP contribution < -0.4 is 0 Å². The Morgan fingerprint density at radius 2 is 0.958 bits per heavy atom. The Balaban J connectivity index is 1.86. The van der Waals surface area contributed by atoms with Crippen molar-refractivity contribution in [1.29, 1.82) is 0 Å². The number of benzene rings is 3. The number of hydrogen-bond acceptors (Lipinski definition) is 2. The monoisotopic (exact) mass is 314 g/mol. The second-order valence-electron chi connectivity index (χ2n) is 6.42. The lowest BCUT2D eigenvalue weighted by Crippen LogP contribution is -1.77. The quantitative estimate of drug-likeness (QED) is 0.366. The van der Waals surface area contributed by atoms with Crippen LogP contribution in [-0.4, -0.2) is 0 Å². The van der Waals surface area contributed by atoms with E-state index in [1.807, 2.05) is 0 Å². The molecular weight excluding hydrogens is 296 g/mol. The third-order valence-corrected chi connectivity index (χ3v) is 5.01. The van der Waals surface area contributed by atoms with E-state index in [0.29, 0.717) is 0 Å². The van der Waals surface area contributed by atoms with Gasteiger partial charge in [0.1, 0.15) is 22.3 Å². The smallest absolute Gasteiger partial charge is 0.136 e. The minimum Gasteiger partial charge on any atom is -0.456 e. The summed E-state index contributed by atoms with van der Waals surface area (Å²) in [6.07, 6.45) is 2.03. The van der Waals surface area contributed by atoms with Crippen LogP contribution >= 0.6 is 0 Å². The van der Waals surface area contributed by atoms with Crippen molar-refractivity contribution in [1.82, 2.24) is 0 Å². The molecule has 0 spiro atoms. The fraction of sp³-hybridized carbons (Fsp3) is 0.182. The first kappa shape index (κ1) is 13.7. The summed E-state index contributed by atoms with van der Waals surface area (Å²) in [6.45, 7) is 4.32. The molecule has 5 aromatic rings. The lowest BCUT2D eigenvalue weighted by Gasteiger charge is -1.94. The SMILES string of the molecule is CCc1ccc2c(c1)oc1cc3c(cc12)oc1cc(CC)ccc13. The van der Waals surface area contributed by atoms with Crippen molar-refractivity contribution in [2.24, 2.45) is 0 Å². The Hall–Kier alpha value is -2.74. The molecule has 0 saturated carbocycles. The van der Waals surface area contributed by atoms with Gasteiger partial charge in [-0.2, -0.15) is 0 Å². The van der Waals surface area contributed by atoms with Crippen molar-refractivity contribution < 1.29 is 8.83 Å². The van der Waals surface area contributed by atoms with Crippen LogP contribution in [0.3, 0.4) is 0 Å². The average Bonchev–Trinajstić information content (AvgIpc) is 3.15. The molecule has 0 radical (unpaired) electrons. The van der Waals surface area contributed by atoms with Crippen LogP contribution in [0.15, 0.2) is 57.4 Å². The molecule has 2 heteroatoms. The zero-order chi connectivity index (χ0) is 16.3. The number of hydrogen-bond donors (Lipinski definition) is 0. The van der Waals surface area contributed by atoms with Crippen LogP contribution in [0.25, 0.3) is 43.9 Å². The molecule has 0 aliphatic carbocycles. The van der Waals surface area contributed by atoms with Gasteiger partial charge in [0.15, 0.2) is 0 Å². The highest BCUT2D eigenvalue weighted by atomic mass is 16.3. The lowest BCUT2D eigenvalue weighted by atomic mass is 10.1. The molecule has 2 heterocycles. The van der Waals surface area contributed by atoms with Crippen LogP contribution in [-0.2, 0) is 12.8 Å². The maximum Gasteiger partial charge on any atom is 0.136 e. The Labute approximate surface area is 139 Å². The van der Waals surface area contributed by atoms with Gasteiger partial charge in [-0.25, -0.2) is 0 Å². The van der Waals surface area contributed by atoms with Crippen molar-refractivity contribution in [3.63, 3.8) is 0 Å². The van der Waals surface area contributed by atoms with Crippen molar-refractivity contribution in [3.05, 3.63) is 59.7 Å². The number of furan rings is 2. The van der Waals surface area contributed by atoms with Crippen molar-refractivity contribution >= 4 is 43.9 Å². The molecule has 0 fully saturated rings. The molecule has 0 aliphatic rings. The summed E-state index contributed by atoms with van der Waals surface area (Å²) in [6, 6.07) is 17.2. The van der Waals surface area contributed by atoms with E-state index < -0.39 is 0 Å². The highest BCUT2D eigenvalue weighted by Crippen LogP contribution is 2.37. The Morgan fingerprint density at radius 1 is 0.542 bits per heavy atom. The first-order valence-electron chi connectivity index (χ1n) is 8.57. The fourth-order valence-electron chi connectivity index (χ4n) is 3.57. The zero-order valence-corrected chi connectivity index (χ0v) is 13.8. The molecule has 0 saturated heterocycles. The Morgan fingerprint density at radius 3 is 1.38 bits per heavy atom. The van der Waals surface area contributed by atoms with E-state index in [1.165, 1.54) is 11.1 Å². The first-order chi connectivity index (χ1) is 11.8. The van der Waals surface area contributed by atoms with E-state index in [2.05, 4.69) is 62.4 Å². The molecule has 0 bridgehead atoms. The van der Waals surface area contributed by atoms with Gasteiger partial charge >= 0.3 is 0 Å². The maximum absolute atomic E-state index is 6.12.